The highest BCUT2D eigenvalue weighted by Gasteiger charge is 2.11. The molecule has 1 aliphatic rings. The molecule has 2 aromatic rings. The highest BCUT2D eigenvalue weighted by molar-refractivity contribution is 5.93. The first-order valence-corrected chi connectivity index (χ1v) is 8.38. The number of esters is 1. The van der Waals surface area contributed by atoms with Gasteiger partial charge in [0, 0.05) is 5.69 Å². The molecule has 25 heavy (non-hydrogen) atoms. The van der Waals surface area contributed by atoms with Crippen molar-refractivity contribution in [3.63, 3.8) is 0 Å². The molecule has 0 aliphatic heterocycles. The van der Waals surface area contributed by atoms with Crippen LogP contribution in [0.25, 0.3) is 0 Å². The second-order valence-corrected chi connectivity index (χ2v) is 6.04. The lowest BCUT2D eigenvalue weighted by molar-refractivity contribution is -0.118. The molecule has 0 atom stereocenters. The normalized spacial score (nSPS) is 12.8. The molecule has 0 unspecified atom stereocenters. The number of aryl methyl sites for hydroxylation is 2. The average molecular weight is 339 g/mol. The third kappa shape index (κ3) is 4.38. The number of ether oxygens (including phenoxy) is 2. The van der Waals surface area contributed by atoms with Gasteiger partial charge in [0.15, 0.2) is 6.61 Å². The van der Waals surface area contributed by atoms with E-state index >= 15 is 0 Å². The Hall–Kier alpha value is -2.82. The van der Waals surface area contributed by atoms with Crippen LogP contribution in [0.1, 0.15) is 34.3 Å². The highest BCUT2D eigenvalue weighted by Crippen LogP contribution is 2.25. The van der Waals surface area contributed by atoms with Crippen molar-refractivity contribution < 1.29 is 19.1 Å². The van der Waals surface area contributed by atoms with Gasteiger partial charge in [-0.05, 0) is 73.2 Å². The molecule has 1 aliphatic carbocycles. The van der Waals surface area contributed by atoms with Crippen LogP contribution in [0.2, 0.25) is 0 Å². The van der Waals surface area contributed by atoms with Gasteiger partial charge in [-0.1, -0.05) is 6.07 Å². The van der Waals surface area contributed by atoms with Gasteiger partial charge in [-0.2, -0.15) is 0 Å². The van der Waals surface area contributed by atoms with E-state index in [1.807, 2.05) is 12.1 Å². The molecule has 2 aromatic carbocycles. The molecule has 3 rings (SSSR count). The van der Waals surface area contributed by atoms with Crippen molar-refractivity contribution in [1.82, 2.24) is 0 Å². The molecule has 0 fully saturated rings. The zero-order valence-corrected chi connectivity index (χ0v) is 14.2. The van der Waals surface area contributed by atoms with Crippen LogP contribution in [0.4, 0.5) is 5.69 Å². The SMILES string of the molecule is COC(=O)c1ccc(NC(=O)COc2ccc3c(c2)CCCC3)cc1. The Bertz CT molecular complexity index is 768. The molecule has 0 saturated carbocycles. The quantitative estimate of drug-likeness (QED) is 0.848. The fourth-order valence-corrected chi connectivity index (χ4v) is 2.95. The molecule has 5 heteroatoms. The molecule has 1 amide bonds. The van der Waals surface area contributed by atoms with Gasteiger partial charge >= 0.3 is 5.97 Å². The summed E-state index contributed by atoms with van der Waals surface area (Å²) in [6, 6.07) is 12.6. The van der Waals surface area contributed by atoms with Crippen LogP contribution in [-0.2, 0) is 22.4 Å². The number of carbonyl (C=O) groups is 2. The lowest BCUT2D eigenvalue weighted by Gasteiger charge is -2.16. The van der Waals surface area contributed by atoms with Gasteiger partial charge in [0.2, 0.25) is 0 Å². The summed E-state index contributed by atoms with van der Waals surface area (Å²) in [5.41, 5.74) is 3.74. The number of hydrogen-bond donors (Lipinski definition) is 1. The van der Waals surface area contributed by atoms with Crippen LogP contribution in [0.15, 0.2) is 42.5 Å². The number of amides is 1. The predicted octanol–water partition coefficient (Wildman–Crippen LogP) is 3.37. The summed E-state index contributed by atoms with van der Waals surface area (Å²) in [6.07, 6.45) is 4.64. The maximum absolute atomic E-state index is 12.0. The molecule has 0 bridgehead atoms. The first kappa shape index (κ1) is 17.0. The lowest BCUT2D eigenvalue weighted by Crippen LogP contribution is -2.20. The first-order valence-electron chi connectivity index (χ1n) is 8.38. The molecule has 0 spiro atoms. The van der Waals surface area contributed by atoms with E-state index in [-0.39, 0.29) is 12.5 Å². The number of hydrogen-bond acceptors (Lipinski definition) is 4. The third-order valence-corrected chi connectivity index (χ3v) is 4.28. The van der Waals surface area contributed by atoms with Gasteiger partial charge in [0.25, 0.3) is 5.91 Å². The summed E-state index contributed by atoms with van der Waals surface area (Å²) in [5, 5.41) is 2.74. The molecule has 0 radical (unpaired) electrons. The van der Waals surface area contributed by atoms with E-state index in [1.54, 1.807) is 24.3 Å². The van der Waals surface area contributed by atoms with Crippen molar-refractivity contribution in [3.8, 4) is 5.75 Å². The van der Waals surface area contributed by atoms with E-state index < -0.39 is 5.97 Å². The van der Waals surface area contributed by atoms with Gasteiger partial charge in [0.05, 0.1) is 12.7 Å². The lowest BCUT2D eigenvalue weighted by atomic mass is 9.92. The number of anilines is 1. The molecule has 130 valence electrons. The largest absolute Gasteiger partial charge is 0.484 e. The number of methoxy groups -OCH3 is 1. The minimum Gasteiger partial charge on any atom is -0.484 e. The maximum atomic E-state index is 12.0. The Morgan fingerprint density at radius 1 is 1.00 bits per heavy atom. The Morgan fingerprint density at radius 3 is 2.44 bits per heavy atom. The summed E-state index contributed by atoms with van der Waals surface area (Å²) >= 11 is 0. The van der Waals surface area contributed by atoms with Crippen molar-refractivity contribution in [3.05, 3.63) is 59.2 Å². The van der Waals surface area contributed by atoms with E-state index in [2.05, 4.69) is 16.1 Å². The molecular formula is C20H21NO4. The summed E-state index contributed by atoms with van der Waals surface area (Å²) in [6.45, 7) is -0.0580. The van der Waals surface area contributed by atoms with Gasteiger partial charge in [-0.25, -0.2) is 4.79 Å². The summed E-state index contributed by atoms with van der Waals surface area (Å²) in [7, 11) is 1.33. The molecule has 0 aromatic heterocycles. The predicted molar refractivity (Wildman–Crippen MR) is 95.0 cm³/mol. The molecule has 0 saturated heterocycles. The van der Waals surface area contributed by atoms with Gasteiger partial charge < -0.3 is 14.8 Å². The van der Waals surface area contributed by atoms with Crippen molar-refractivity contribution in [2.75, 3.05) is 19.0 Å². The Labute approximate surface area is 147 Å². The Balaban J connectivity index is 1.53. The minimum atomic E-state index is -0.409. The second kappa shape index (κ2) is 7.83. The molecular weight excluding hydrogens is 318 g/mol. The first-order chi connectivity index (χ1) is 12.2. The maximum Gasteiger partial charge on any atom is 0.337 e. The van der Waals surface area contributed by atoms with Crippen LogP contribution < -0.4 is 10.1 Å². The number of benzene rings is 2. The summed E-state index contributed by atoms with van der Waals surface area (Å²) < 4.78 is 10.2. The zero-order valence-electron chi connectivity index (χ0n) is 14.2. The Morgan fingerprint density at radius 2 is 1.72 bits per heavy atom. The topological polar surface area (TPSA) is 64.6 Å². The smallest absolute Gasteiger partial charge is 0.337 e. The van der Waals surface area contributed by atoms with Gasteiger partial charge in [0.1, 0.15) is 5.75 Å². The number of carbonyl (C=O) groups excluding carboxylic acids is 2. The van der Waals surface area contributed by atoms with Crippen molar-refractivity contribution >= 4 is 17.6 Å². The van der Waals surface area contributed by atoms with Crippen molar-refractivity contribution in [2.24, 2.45) is 0 Å². The van der Waals surface area contributed by atoms with Crippen LogP contribution in [-0.4, -0.2) is 25.6 Å². The van der Waals surface area contributed by atoms with Crippen LogP contribution in [0.3, 0.4) is 0 Å². The highest BCUT2D eigenvalue weighted by atomic mass is 16.5. The Kier molecular flexibility index (Phi) is 5.33. The van der Waals surface area contributed by atoms with E-state index in [0.717, 1.165) is 18.6 Å². The summed E-state index contributed by atoms with van der Waals surface area (Å²) in [5.74, 6) is 0.0639. The minimum absolute atomic E-state index is 0.0580. The number of fused-ring (bicyclic) bond motifs is 1. The fourth-order valence-electron chi connectivity index (χ4n) is 2.95. The molecule has 5 nitrogen and oxygen atoms in total. The second-order valence-electron chi connectivity index (χ2n) is 6.04. The molecule has 0 heterocycles. The van der Waals surface area contributed by atoms with E-state index in [4.69, 9.17) is 4.74 Å². The average Bonchev–Trinajstić information content (AvgIpc) is 2.66. The van der Waals surface area contributed by atoms with Crippen LogP contribution in [0.5, 0.6) is 5.75 Å². The van der Waals surface area contributed by atoms with Crippen LogP contribution >= 0.6 is 0 Å². The number of nitrogens with one attached hydrogen (secondary N) is 1. The van der Waals surface area contributed by atoms with Crippen molar-refractivity contribution in [2.45, 2.75) is 25.7 Å². The van der Waals surface area contributed by atoms with E-state index in [9.17, 15) is 9.59 Å². The molecule has 1 N–H and O–H groups in total. The van der Waals surface area contributed by atoms with Crippen LogP contribution in [0, 0.1) is 0 Å². The fraction of sp³-hybridized carbons (Fsp3) is 0.300. The summed E-state index contributed by atoms with van der Waals surface area (Å²) in [4.78, 5) is 23.4. The van der Waals surface area contributed by atoms with E-state index in [0.29, 0.717) is 11.3 Å². The van der Waals surface area contributed by atoms with Gasteiger partial charge in [-0.15, -0.1) is 0 Å². The number of rotatable bonds is 5. The zero-order chi connectivity index (χ0) is 17.6. The standard InChI is InChI=1S/C20H21NO4/c1-24-20(23)15-6-9-17(10-7-15)21-19(22)13-25-18-11-8-14-4-2-3-5-16(14)12-18/h6-12H,2-5,13H2,1H3,(H,21,22). The van der Waals surface area contributed by atoms with Crippen molar-refractivity contribution in [1.29, 1.82) is 0 Å². The monoisotopic (exact) mass is 339 g/mol. The van der Waals surface area contributed by atoms with E-state index in [1.165, 1.54) is 31.1 Å². The third-order valence-electron chi connectivity index (χ3n) is 4.28. The van der Waals surface area contributed by atoms with Gasteiger partial charge in [-0.3, -0.25) is 4.79 Å².